The van der Waals surface area contributed by atoms with Crippen molar-refractivity contribution < 1.29 is 9.90 Å². The van der Waals surface area contributed by atoms with Crippen molar-refractivity contribution in [2.24, 2.45) is 5.41 Å². The van der Waals surface area contributed by atoms with E-state index in [0.29, 0.717) is 11.1 Å². The summed E-state index contributed by atoms with van der Waals surface area (Å²) in [7, 11) is 0. The molecular formula is C12H5N2O2. The zero-order valence-electron chi connectivity index (χ0n) is 8.06. The predicted molar refractivity (Wildman–Crippen MR) is 51.6 cm³/mol. The monoisotopic (exact) mass is 209 g/mol. The van der Waals surface area contributed by atoms with Gasteiger partial charge in [-0.25, -0.2) is 0 Å². The second-order valence-corrected chi connectivity index (χ2v) is 3.93. The van der Waals surface area contributed by atoms with Gasteiger partial charge in [0.25, 0.3) is 0 Å². The number of rotatable bonds is 0. The van der Waals surface area contributed by atoms with Gasteiger partial charge in [0.1, 0.15) is 11.5 Å². The van der Waals surface area contributed by atoms with Crippen molar-refractivity contribution in [3.8, 4) is 12.1 Å². The Hall–Kier alpha value is -2.17. The lowest BCUT2D eigenvalue weighted by Crippen LogP contribution is -2.15. The smallest absolute Gasteiger partial charge is 0.188 e. The minimum atomic E-state index is -1.68. The van der Waals surface area contributed by atoms with E-state index in [-0.39, 0.29) is 5.92 Å². The summed E-state index contributed by atoms with van der Waals surface area (Å²) >= 11 is 0. The quantitative estimate of drug-likeness (QED) is 0.681. The number of nitrogens with zero attached hydrogens (tertiary/aromatic N) is 2. The maximum Gasteiger partial charge on any atom is 0.188 e. The molecule has 1 saturated carbocycles. The molecule has 0 saturated heterocycles. The molecule has 1 aromatic rings. The van der Waals surface area contributed by atoms with Gasteiger partial charge in [-0.3, -0.25) is 4.79 Å². The molecule has 1 aromatic carbocycles. The van der Waals surface area contributed by atoms with Crippen LogP contribution in [0, 0.1) is 34.0 Å². The van der Waals surface area contributed by atoms with Crippen molar-refractivity contribution in [3.05, 3.63) is 41.3 Å². The molecule has 75 valence electrons. The van der Waals surface area contributed by atoms with E-state index in [2.05, 4.69) is 0 Å². The zero-order valence-corrected chi connectivity index (χ0v) is 8.06. The molecule has 0 bridgehead atoms. The van der Waals surface area contributed by atoms with Crippen molar-refractivity contribution in [1.29, 1.82) is 10.5 Å². The van der Waals surface area contributed by atoms with Crippen LogP contribution in [0.3, 0.4) is 0 Å². The van der Waals surface area contributed by atoms with E-state index in [0.717, 1.165) is 0 Å². The molecule has 3 rings (SSSR count). The molecule has 0 aliphatic heterocycles. The van der Waals surface area contributed by atoms with Crippen molar-refractivity contribution in [2.45, 2.75) is 5.60 Å². The molecule has 1 fully saturated rings. The molecular weight excluding hydrogens is 204 g/mol. The first-order valence-electron chi connectivity index (χ1n) is 4.70. The summed E-state index contributed by atoms with van der Waals surface area (Å²) in [5.41, 5.74) is -2.61. The molecule has 0 heterocycles. The molecule has 4 nitrogen and oxygen atoms in total. The van der Waals surface area contributed by atoms with Crippen LogP contribution in [0.1, 0.15) is 15.9 Å². The van der Waals surface area contributed by atoms with Crippen LogP contribution in [0.15, 0.2) is 24.3 Å². The first kappa shape index (κ1) is 9.08. The molecule has 0 spiro atoms. The SMILES string of the molecule is N#C[C]1C2(C#N)C(=O)c3ccccc3C12O. The van der Waals surface area contributed by atoms with Gasteiger partial charge in [-0.2, -0.15) is 10.5 Å². The number of Topliss-reactive ketones (excluding diaryl/α,β-unsaturated/α-hetero) is 1. The zero-order chi connectivity index (χ0) is 11.6. The van der Waals surface area contributed by atoms with E-state index in [1.807, 2.05) is 0 Å². The van der Waals surface area contributed by atoms with Crippen LogP contribution < -0.4 is 0 Å². The van der Waals surface area contributed by atoms with Crippen LogP contribution in [0.2, 0.25) is 0 Å². The van der Waals surface area contributed by atoms with E-state index >= 15 is 0 Å². The molecule has 0 aromatic heterocycles. The molecule has 16 heavy (non-hydrogen) atoms. The summed E-state index contributed by atoms with van der Waals surface area (Å²) in [6, 6.07) is 10.0. The van der Waals surface area contributed by atoms with Crippen molar-refractivity contribution >= 4 is 5.78 Å². The van der Waals surface area contributed by atoms with Crippen molar-refractivity contribution in [2.75, 3.05) is 0 Å². The number of hydrogen-bond donors (Lipinski definition) is 1. The highest BCUT2D eigenvalue weighted by Gasteiger charge is 2.88. The Morgan fingerprint density at radius 2 is 1.94 bits per heavy atom. The summed E-state index contributed by atoms with van der Waals surface area (Å²) < 4.78 is 0. The predicted octanol–water partition coefficient (Wildman–Crippen LogP) is 0.692. The van der Waals surface area contributed by atoms with Gasteiger partial charge in [-0.15, -0.1) is 0 Å². The highest BCUT2D eigenvalue weighted by atomic mass is 16.3. The number of carbonyl (C=O) groups is 1. The van der Waals surface area contributed by atoms with Crippen LogP contribution in [0.25, 0.3) is 0 Å². The van der Waals surface area contributed by atoms with Gasteiger partial charge in [-0.05, 0) is 5.56 Å². The summed E-state index contributed by atoms with van der Waals surface area (Å²) in [4.78, 5) is 12.0. The molecule has 2 atom stereocenters. The third-order valence-electron chi connectivity index (χ3n) is 3.40. The summed E-state index contributed by atoms with van der Waals surface area (Å²) in [6.45, 7) is 0. The minimum absolute atomic E-state index is 0.0498. The Labute approximate surface area is 91.4 Å². The van der Waals surface area contributed by atoms with Crippen molar-refractivity contribution in [3.63, 3.8) is 0 Å². The van der Waals surface area contributed by atoms with Crippen molar-refractivity contribution in [1.82, 2.24) is 0 Å². The Bertz CT molecular complexity index is 610. The molecule has 1 N–H and O–H groups in total. The number of benzene rings is 1. The van der Waals surface area contributed by atoms with Gasteiger partial charge < -0.3 is 5.11 Å². The van der Waals surface area contributed by atoms with E-state index in [9.17, 15) is 9.90 Å². The maximum atomic E-state index is 12.0. The number of aliphatic hydroxyl groups is 1. The summed E-state index contributed by atoms with van der Waals surface area (Å²) in [6.07, 6.45) is 0. The molecule has 1 radical (unpaired) electrons. The van der Waals surface area contributed by atoms with E-state index in [1.165, 1.54) is 0 Å². The Balaban J connectivity index is 2.34. The Kier molecular flexibility index (Phi) is 1.32. The number of nitriles is 2. The highest BCUT2D eigenvalue weighted by molar-refractivity contribution is 6.16. The number of carbonyl (C=O) groups excluding carboxylic acids is 1. The van der Waals surface area contributed by atoms with Gasteiger partial charge in [0, 0.05) is 5.56 Å². The normalized spacial score (nSPS) is 34.8. The fraction of sp³-hybridized carbons (Fsp3) is 0.167. The average Bonchev–Trinajstić information content (AvgIpc) is 2.82. The largest absolute Gasteiger partial charge is 0.381 e. The maximum absolute atomic E-state index is 12.0. The molecule has 2 aliphatic carbocycles. The Morgan fingerprint density at radius 3 is 2.56 bits per heavy atom. The molecule has 0 amide bonds. The van der Waals surface area contributed by atoms with Gasteiger partial charge in [-0.1, -0.05) is 24.3 Å². The second-order valence-electron chi connectivity index (χ2n) is 3.93. The van der Waals surface area contributed by atoms with Crippen LogP contribution in [0.4, 0.5) is 0 Å². The first-order chi connectivity index (χ1) is 7.64. The summed E-state index contributed by atoms with van der Waals surface area (Å²) in [5.74, 6) is -0.518. The van der Waals surface area contributed by atoms with E-state index < -0.39 is 16.8 Å². The fourth-order valence-electron chi connectivity index (χ4n) is 2.56. The van der Waals surface area contributed by atoms with E-state index in [1.54, 1.807) is 36.4 Å². The summed E-state index contributed by atoms with van der Waals surface area (Å²) in [5, 5.41) is 28.2. The minimum Gasteiger partial charge on any atom is -0.381 e. The lowest BCUT2D eigenvalue weighted by Gasteiger charge is -2.06. The number of fused-ring (bicyclic) bond motifs is 3. The highest BCUT2D eigenvalue weighted by Crippen LogP contribution is 2.74. The van der Waals surface area contributed by atoms with Gasteiger partial charge in [0.05, 0.1) is 12.1 Å². The molecule has 4 heteroatoms. The fourth-order valence-corrected chi connectivity index (χ4v) is 2.56. The van der Waals surface area contributed by atoms with Gasteiger partial charge >= 0.3 is 0 Å². The average molecular weight is 209 g/mol. The lowest BCUT2D eigenvalue weighted by atomic mass is 9.96. The lowest BCUT2D eigenvalue weighted by molar-refractivity contribution is 0.0838. The van der Waals surface area contributed by atoms with E-state index in [4.69, 9.17) is 10.5 Å². The first-order valence-corrected chi connectivity index (χ1v) is 4.70. The Morgan fingerprint density at radius 1 is 1.25 bits per heavy atom. The van der Waals surface area contributed by atoms with Gasteiger partial charge in [0.15, 0.2) is 11.2 Å². The van der Waals surface area contributed by atoms with Gasteiger partial charge in [0.2, 0.25) is 0 Å². The second kappa shape index (κ2) is 2.32. The molecule has 2 unspecified atom stereocenters. The third kappa shape index (κ3) is 0.582. The van der Waals surface area contributed by atoms with Crippen LogP contribution >= 0.6 is 0 Å². The third-order valence-corrected chi connectivity index (χ3v) is 3.40. The number of ketones is 1. The number of hydrogen-bond acceptors (Lipinski definition) is 4. The van der Waals surface area contributed by atoms with Crippen LogP contribution in [-0.4, -0.2) is 10.9 Å². The van der Waals surface area contributed by atoms with Crippen LogP contribution in [0.5, 0.6) is 0 Å². The topological polar surface area (TPSA) is 84.9 Å². The molecule has 2 aliphatic rings. The van der Waals surface area contributed by atoms with Crippen LogP contribution in [-0.2, 0) is 5.60 Å². The standard InChI is InChI=1S/C12H5N2O2/c13-5-9-11(6-14)10(15)7-3-1-2-4-8(7)12(9,11)16/h1-4,16H.